The summed E-state index contributed by atoms with van der Waals surface area (Å²) in [4.78, 5) is 18.1. The summed E-state index contributed by atoms with van der Waals surface area (Å²) in [6, 6.07) is 15.2. The fourth-order valence-electron chi connectivity index (χ4n) is 5.09. The first-order valence-electron chi connectivity index (χ1n) is 13.3. The fraction of sp³-hybridized carbons (Fsp3) is 0.536. The number of ether oxygens (including phenoxy) is 1. The van der Waals surface area contributed by atoms with E-state index >= 15 is 0 Å². The number of aryl methyl sites for hydroxylation is 1. The molecule has 0 saturated carbocycles. The SMILES string of the molecule is CCCNS(=O)(=O)c1ccc(C(=O)N2CCCOc3cccc(c3)CCC3CCCCN3CC2)cc1. The third-order valence-electron chi connectivity index (χ3n) is 7.15. The van der Waals surface area contributed by atoms with Crippen LogP contribution in [-0.4, -0.2) is 69.5 Å². The van der Waals surface area contributed by atoms with Crippen molar-refractivity contribution in [2.75, 3.05) is 39.3 Å². The third-order valence-corrected chi connectivity index (χ3v) is 8.63. The fourth-order valence-corrected chi connectivity index (χ4v) is 6.23. The molecule has 0 spiro atoms. The van der Waals surface area contributed by atoms with E-state index in [-0.39, 0.29) is 10.8 Å². The van der Waals surface area contributed by atoms with Gasteiger partial charge in [-0.2, -0.15) is 0 Å². The number of fused-ring (bicyclic) bond motifs is 3. The summed E-state index contributed by atoms with van der Waals surface area (Å²) in [5.41, 5.74) is 1.83. The Morgan fingerprint density at radius 1 is 1.00 bits per heavy atom. The van der Waals surface area contributed by atoms with Crippen molar-refractivity contribution in [2.24, 2.45) is 0 Å². The molecule has 1 N–H and O–H groups in total. The summed E-state index contributed by atoms with van der Waals surface area (Å²) in [6.45, 7) is 6.02. The highest BCUT2D eigenvalue weighted by Crippen LogP contribution is 2.23. The molecule has 2 aliphatic heterocycles. The Kier molecular flexibility index (Phi) is 9.40. The molecule has 36 heavy (non-hydrogen) atoms. The van der Waals surface area contributed by atoms with Crippen LogP contribution in [0.1, 0.15) is 61.4 Å². The van der Waals surface area contributed by atoms with Gasteiger partial charge < -0.3 is 9.64 Å². The molecule has 0 aliphatic carbocycles. The molecule has 1 amide bonds. The van der Waals surface area contributed by atoms with E-state index in [1.807, 2.05) is 17.9 Å². The lowest BCUT2D eigenvalue weighted by atomic mass is 9.95. The Morgan fingerprint density at radius 2 is 1.83 bits per heavy atom. The van der Waals surface area contributed by atoms with E-state index in [4.69, 9.17) is 4.74 Å². The van der Waals surface area contributed by atoms with E-state index in [0.717, 1.165) is 44.5 Å². The highest BCUT2D eigenvalue weighted by atomic mass is 32.2. The number of nitrogens with one attached hydrogen (secondary N) is 1. The maximum Gasteiger partial charge on any atom is 0.253 e. The van der Waals surface area contributed by atoms with Gasteiger partial charge >= 0.3 is 0 Å². The minimum Gasteiger partial charge on any atom is -0.494 e. The van der Waals surface area contributed by atoms with E-state index in [0.29, 0.717) is 37.8 Å². The molecule has 0 aromatic heterocycles. The van der Waals surface area contributed by atoms with Gasteiger partial charge in [0.2, 0.25) is 10.0 Å². The summed E-state index contributed by atoms with van der Waals surface area (Å²) in [5.74, 6) is 0.819. The minimum atomic E-state index is -3.56. The molecule has 4 rings (SSSR count). The van der Waals surface area contributed by atoms with Crippen molar-refractivity contribution in [2.45, 2.75) is 62.8 Å². The summed E-state index contributed by atoms with van der Waals surface area (Å²) in [5, 5.41) is 0. The van der Waals surface area contributed by atoms with Gasteiger partial charge in [0.05, 0.1) is 11.5 Å². The number of rotatable bonds is 5. The lowest BCUT2D eigenvalue weighted by molar-refractivity contribution is 0.0682. The molecule has 2 aromatic rings. The second-order valence-corrected chi connectivity index (χ2v) is 11.6. The number of piperidine rings is 1. The van der Waals surface area contributed by atoms with Gasteiger partial charge in [0.1, 0.15) is 5.75 Å². The van der Waals surface area contributed by atoms with Crippen LogP contribution in [0.25, 0.3) is 0 Å². The molecular formula is C28H39N3O4S. The van der Waals surface area contributed by atoms with E-state index in [1.165, 1.54) is 37.0 Å². The maximum absolute atomic E-state index is 13.5. The van der Waals surface area contributed by atoms with Crippen molar-refractivity contribution in [1.82, 2.24) is 14.5 Å². The number of nitrogens with zero attached hydrogens (tertiary/aromatic N) is 2. The Bertz CT molecular complexity index is 1100. The molecular weight excluding hydrogens is 474 g/mol. The van der Waals surface area contributed by atoms with Crippen molar-refractivity contribution in [3.63, 3.8) is 0 Å². The average Bonchev–Trinajstić information content (AvgIpc) is 2.90. The van der Waals surface area contributed by atoms with Crippen LogP contribution >= 0.6 is 0 Å². The van der Waals surface area contributed by atoms with Crippen LogP contribution in [0.15, 0.2) is 53.4 Å². The highest BCUT2D eigenvalue weighted by molar-refractivity contribution is 7.89. The van der Waals surface area contributed by atoms with Crippen LogP contribution in [-0.2, 0) is 16.4 Å². The predicted molar refractivity (Wildman–Crippen MR) is 142 cm³/mol. The highest BCUT2D eigenvalue weighted by Gasteiger charge is 2.25. The average molecular weight is 514 g/mol. The number of amides is 1. The molecule has 2 aliphatic rings. The van der Waals surface area contributed by atoms with Gasteiger partial charge in [-0.25, -0.2) is 13.1 Å². The Hall–Kier alpha value is -2.42. The number of benzene rings is 2. The summed E-state index contributed by atoms with van der Waals surface area (Å²) < 4.78 is 33.4. The molecule has 2 bridgehead atoms. The number of carbonyl (C=O) groups excluding carboxylic acids is 1. The third kappa shape index (κ3) is 7.08. The van der Waals surface area contributed by atoms with Crippen LogP contribution in [0.5, 0.6) is 5.75 Å². The van der Waals surface area contributed by atoms with E-state index in [9.17, 15) is 13.2 Å². The van der Waals surface area contributed by atoms with Gasteiger partial charge in [0, 0.05) is 37.8 Å². The quantitative estimate of drug-likeness (QED) is 0.652. The van der Waals surface area contributed by atoms with Crippen LogP contribution in [0.4, 0.5) is 0 Å². The monoisotopic (exact) mass is 513 g/mol. The molecule has 1 unspecified atom stereocenters. The smallest absolute Gasteiger partial charge is 0.253 e. The van der Waals surface area contributed by atoms with Crippen LogP contribution < -0.4 is 9.46 Å². The number of sulfonamides is 1. The number of hydrogen-bond donors (Lipinski definition) is 1. The topological polar surface area (TPSA) is 79.0 Å². The van der Waals surface area contributed by atoms with Gasteiger partial charge in [-0.3, -0.25) is 9.69 Å². The lowest BCUT2D eigenvalue weighted by Gasteiger charge is -2.37. The van der Waals surface area contributed by atoms with E-state index in [1.54, 1.807) is 12.1 Å². The van der Waals surface area contributed by atoms with Gasteiger partial charge in [-0.15, -0.1) is 0 Å². The van der Waals surface area contributed by atoms with Crippen LogP contribution in [0, 0.1) is 0 Å². The molecule has 2 heterocycles. The van der Waals surface area contributed by atoms with Gasteiger partial charge in [0.15, 0.2) is 0 Å². The molecule has 1 fully saturated rings. The number of hydrogen-bond acceptors (Lipinski definition) is 5. The van der Waals surface area contributed by atoms with Crippen molar-refractivity contribution in [1.29, 1.82) is 0 Å². The van der Waals surface area contributed by atoms with Gasteiger partial charge in [-0.05, 0) is 87.0 Å². The summed E-state index contributed by atoms with van der Waals surface area (Å²) in [6.07, 6.45) is 7.25. The molecule has 1 atom stereocenters. The Morgan fingerprint density at radius 3 is 2.64 bits per heavy atom. The van der Waals surface area contributed by atoms with Gasteiger partial charge in [0.25, 0.3) is 5.91 Å². The van der Waals surface area contributed by atoms with Gasteiger partial charge in [-0.1, -0.05) is 25.5 Å². The Balaban J connectivity index is 1.49. The first kappa shape index (κ1) is 26.6. The van der Waals surface area contributed by atoms with Crippen LogP contribution in [0.2, 0.25) is 0 Å². The zero-order valence-electron chi connectivity index (χ0n) is 21.3. The predicted octanol–water partition coefficient (Wildman–Crippen LogP) is 4.09. The molecule has 1 saturated heterocycles. The normalized spacial score (nSPS) is 20.1. The van der Waals surface area contributed by atoms with Crippen LogP contribution in [0.3, 0.4) is 0 Å². The van der Waals surface area contributed by atoms with Crippen molar-refractivity contribution in [3.8, 4) is 5.75 Å². The minimum absolute atomic E-state index is 0.0666. The standard InChI is InChI=1S/C28H39N3O4S/c1-2-16-29-36(33,34)27-14-11-24(12-15-27)28(32)31-18-6-21-35-26-9-5-7-23(22-26)10-13-25-8-3-4-17-30(25)19-20-31/h5,7,9,11-12,14-15,22,25,29H,2-4,6,8,10,13,16-21H2,1H3. The van der Waals surface area contributed by atoms with Crippen molar-refractivity contribution >= 4 is 15.9 Å². The van der Waals surface area contributed by atoms with Crippen molar-refractivity contribution < 1.29 is 17.9 Å². The molecule has 8 heteroatoms. The molecule has 2 aromatic carbocycles. The second kappa shape index (κ2) is 12.7. The zero-order valence-corrected chi connectivity index (χ0v) is 22.1. The first-order valence-corrected chi connectivity index (χ1v) is 14.8. The largest absolute Gasteiger partial charge is 0.494 e. The zero-order chi connectivity index (χ0) is 25.4. The summed E-state index contributed by atoms with van der Waals surface area (Å²) in [7, 11) is -3.56. The Labute approximate surface area is 215 Å². The maximum atomic E-state index is 13.5. The number of carbonyl (C=O) groups is 1. The van der Waals surface area contributed by atoms with Crippen molar-refractivity contribution in [3.05, 3.63) is 59.7 Å². The second-order valence-electron chi connectivity index (χ2n) is 9.79. The molecule has 196 valence electrons. The van der Waals surface area contributed by atoms with E-state index < -0.39 is 10.0 Å². The molecule has 7 nitrogen and oxygen atoms in total. The molecule has 0 radical (unpaired) electrons. The lowest BCUT2D eigenvalue weighted by Crippen LogP contribution is -2.45. The summed E-state index contributed by atoms with van der Waals surface area (Å²) >= 11 is 0. The van der Waals surface area contributed by atoms with E-state index in [2.05, 4.69) is 27.8 Å². The first-order chi connectivity index (χ1) is 17.5.